The van der Waals surface area contributed by atoms with Crippen molar-refractivity contribution in [3.05, 3.63) is 53.1 Å². The molecule has 1 fully saturated rings. The predicted molar refractivity (Wildman–Crippen MR) is 109 cm³/mol. The van der Waals surface area contributed by atoms with E-state index in [2.05, 4.69) is 5.32 Å². The number of amides is 2. The second-order valence-corrected chi connectivity index (χ2v) is 7.08. The Morgan fingerprint density at radius 1 is 1.24 bits per heavy atom. The van der Waals surface area contributed by atoms with Gasteiger partial charge in [0, 0.05) is 35.4 Å². The maximum atomic E-state index is 12.4. The van der Waals surface area contributed by atoms with Gasteiger partial charge in [0.15, 0.2) is 6.61 Å². The molecule has 29 heavy (non-hydrogen) atoms. The first-order valence-electron chi connectivity index (χ1n) is 9.05. The van der Waals surface area contributed by atoms with Crippen LogP contribution >= 0.6 is 11.6 Å². The van der Waals surface area contributed by atoms with Gasteiger partial charge in [-0.2, -0.15) is 0 Å². The van der Waals surface area contributed by atoms with Crippen LogP contribution in [-0.4, -0.2) is 38.0 Å². The van der Waals surface area contributed by atoms with Gasteiger partial charge >= 0.3 is 5.97 Å². The van der Waals surface area contributed by atoms with Crippen LogP contribution in [0.3, 0.4) is 0 Å². The third kappa shape index (κ3) is 4.86. The monoisotopic (exact) mass is 416 g/mol. The lowest BCUT2D eigenvalue weighted by Crippen LogP contribution is -2.28. The number of carbonyl (C=O) groups excluding carboxylic acids is 3. The first kappa shape index (κ1) is 20.7. The molecule has 152 valence electrons. The molecule has 0 aliphatic carbocycles. The van der Waals surface area contributed by atoms with Crippen molar-refractivity contribution in [1.29, 1.82) is 0 Å². The fourth-order valence-electron chi connectivity index (χ4n) is 3.14. The van der Waals surface area contributed by atoms with Crippen LogP contribution in [0.5, 0.6) is 5.75 Å². The molecule has 2 aromatic carbocycles. The van der Waals surface area contributed by atoms with Crippen LogP contribution in [0.1, 0.15) is 12.0 Å². The number of ether oxygens (including phenoxy) is 2. The first-order valence-corrected chi connectivity index (χ1v) is 9.43. The maximum Gasteiger partial charge on any atom is 0.311 e. The molecule has 1 heterocycles. The van der Waals surface area contributed by atoms with E-state index in [4.69, 9.17) is 21.1 Å². The van der Waals surface area contributed by atoms with Crippen molar-refractivity contribution in [3.63, 3.8) is 0 Å². The topological polar surface area (TPSA) is 84.9 Å². The van der Waals surface area contributed by atoms with E-state index in [1.165, 1.54) is 12.0 Å². The molecule has 8 heteroatoms. The summed E-state index contributed by atoms with van der Waals surface area (Å²) in [6, 6.07) is 12.1. The highest BCUT2D eigenvalue weighted by atomic mass is 35.5. The standard InChI is InChI=1S/C21H21ClN2O5/c1-13-17(22)7-4-8-18(13)24-11-14(9-20(24)26)21(27)29-12-19(25)23-15-5-3-6-16(10-15)28-2/h3-8,10,14H,9,11-12H2,1-2H3,(H,23,25)/t14-/m1/s1. The third-order valence-corrected chi connectivity index (χ3v) is 5.10. The van der Waals surface area contributed by atoms with Crippen LogP contribution in [0.4, 0.5) is 11.4 Å². The van der Waals surface area contributed by atoms with Crippen molar-refractivity contribution >= 4 is 40.8 Å². The minimum absolute atomic E-state index is 0.0300. The molecule has 0 unspecified atom stereocenters. The summed E-state index contributed by atoms with van der Waals surface area (Å²) in [4.78, 5) is 38.3. The zero-order valence-electron chi connectivity index (χ0n) is 16.1. The van der Waals surface area contributed by atoms with Gasteiger partial charge in [-0.15, -0.1) is 0 Å². The van der Waals surface area contributed by atoms with Gasteiger partial charge in [-0.05, 0) is 36.8 Å². The van der Waals surface area contributed by atoms with E-state index in [0.717, 1.165) is 5.56 Å². The van der Waals surface area contributed by atoms with Gasteiger partial charge in [0.2, 0.25) is 5.91 Å². The zero-order valence-corrected chi connectivity index (χ0v) is 16.9. The molecule has 1 N–H and O–H groups in total. The Bertz CT molecular complexity index is 946. The molecule has 2 amide bonds. The fourth-order valence-corrected chi connectivity index (χ4v) is 3.31. The molecule has 1 saturated heterocycles. The molecule has 0 aromatic heterocycles. The summed E-state index contributed by atoms with van der Waals surface area (Å²) in [6.45, 7) is 1.58. The SMILES string of the molecule is COc1cccc(NC(=O)COC(=O)[C@@H]2CC(=O)N(c3cccc(Cl)c3C)C2)c1. The number of rotatable bonds is 6. The molecule has 0 bridgehead atoms. The van der Waals surface area contributed by atoms with E-state index >= 15 is 0 Å². The average Bonchev–Trinajstić information content (AvgIpc) is 3.10. The van der Waals surface area contributed by atoms with Crippen LogP contribution in [-0.2, 0) is 19.1 Å². The Hall–Kier alpha value is -3.06. The number of carbonyl (C=O) groups is 3. The van der Waals surface area contributed by atoms with Crippen LogP contribution in [0.2, 0.25) is 5.02 Å². The van der Waals surface area contributed by atoms with E-state index in [1.807, 2.05) is 6.92 Å². The summed E-state index contributed by atoms with van der Waals surface area (Å²) in [5.74, 6) is -1.27. The molecule has 2 aromatic rings. The van der Waals surface area contributed by atoms with Gasteiger partial charge in [-0.1, -0.05) is 23.7 Å². The Kier molecular flexibility index (Phi) is 6.39. The van der Waals surface area contributed by atoms with Crippen LogP contribution in [0.15, 0.2) is 42.5 Å². The number of esters is 1. The zero-order chi connectivity index (χ0) is 21.0. The van der Waals surface area contributed by atoms with E-state index in [1.54, 1.807) is 42.5 Å². The number of anilines is 2. The summed E-state index contributed by atoms with van der Waals surface area (Å²) >= 11 is 6.13. The molecule has 1 aliphatic heterocycles. The van der Waals surface area contributed by atoms with Crippen molar-refractivity contribution in [2.24, 2.45) is 5.92 Å². The first-order chi connectivity index (χ1) is 13.9. The summed E-state index contributed by atoms with van der Waals surface area (Å²) in [7, 11) is 1.53. The van der Waals surface area contributed by atoms with Crippen LogP contribution in [0.25, 0.3) is 0 Å². The average molecular weight is 417 g/mol. The largest absolute Gasteiger partial charge is 0.497 e. The predicted octanol–water partition coefficient (Wildman–Crippen LogP) is 3.19. The summed E-state index contributed by atoms with van der Waals surface area (Å²) in [5, 5.41) is 3.18. The lowest BCUT2D eigenvalue weighted by molar-refractivity contribution is -0.151. The van der Waals surface area contributed by atoms with Crippen LogP contribution < -0.4 is 15.0 Å². The lowest BCUT2D eigenvalue weighted by atomic mass is 10.1. The molecular weight excluding hydrogens is 396 g/mol. The number of methoxy groups -OCH3 is 1. The van der Waals surface area contributed by atoms with E-state index < -0.39 is 24.4 Å². The quantitative estimate of drug-likeness (QED) is 0.731. The summed E-state index contributed by atoms with van der Waals surface area (Å²) < 4.78 is 10.2. The van der Waals surface area contributed by atoms with Crippen LogP contribution in [0, 0.1) is 12.8 Å². The molecule has 1 aliphatic rings. The Balaban J connectivity index is 1.55. The Morgan fingerprint density at radius 2 is 2.00 bits per heavy atom. The summed E-state index contributed by atoms with van der Waals surface area (Å²) in [6.07, 6.45) is 0.0300. The number of benzene rings is 2. The molecule has 0 radical (unpaired) electrons. The minimum atomic E-state index is -0.634. The number of nitrogens with one attached hydrogen (secondary N) is 1. The highest BCUT2D eigenvalue weighted by Gasteiger charge is 2.37. The van der Waals surface area contributed by atoms with E-state index in [-0.39, 0.29) is 18.9 Å². The van der Waals surface area contributed by atoms with Crippen molar-refractivity contribution in [2.75, 3.05) is 30.5 Å². The van der Waals surface area contributed by atoms with E-state index in [0.29, 0.717) is 22.1 Å². The smallest absolute Gasteiger partial charge is 0.311 e. The van der Waals surface area contributed by atoms with Gasteiger partial charge in [-0.3, -0.25) is 14.4 Å². The Labute approximate surface area is 173 Å². The van der Waals surface area contributed by atoms with Gasteiger partial charge < -0.3 is 19.7 Å². The number of halogens is 1. The van der Waals surface area contributed by atoms with Gasteiger partial charge in [0.1, 0.15) is 5.75 Å². The molecule has 7 nitrogen and oxygen atoms in total. The summed E-state index contributed by atoms with van der Waals surface area (Å²) in [5.41, 5.74) is 1.98. The lowest BCUT2D eigenvalue weighted by Gasteiger charge is -2.19. The molecule has 3 rings (SSSR count). The molecule has 0 saturated carbocycles. The van der Waals surface area contributed by atoms with Crippen molar-refractivity contribution in [1.82, 2.24) is 0 Å². The third-order valence-electron chi connectivity index (χ3n) is 4.69. The molecule has 1 atom stereocenters. The van der Waals surface area contributed by atoms with Crippen molar-refractivity contribution < 1.29 is 23.9 Å². The van der Waals surface area contributed by atoms with Gasteiger partial charge in [0.05, 0.1) is 13.0 Å². The van der Waals surface area contributed by atoms with Gasteiger partial charge in [-0.25, -0.2) is 0 Å². The number of hydrogen-bond donors (Lipinski definition) is 1. The normalized spacial score (nSPS) is 15.9. The second kappa shape index (κ2) is 8.96. The highest BCUT2D eigenvalue weighted by molar-refractivity contribution is 6.31. The highest BCUT2D eigenvalue weighted by Crippen LogP contribution is 2.31. The molecular formula is C21H21ClN2O5. The second-order valence-electron chi connectivity index (χ2n) is 6.68. The van der Waals surface area contributed by atoms with Crippen molar-refractivity contribution in [2.45, 2.75) is 13.3 Å². The number of hydrogen-bond acceptors (Lipinski definition) is 5. The van der Waals surface area contributed by atoms with Gasteiger partial charge in [0.25, 0.3) is 5.91 Å². The fraction of sp³-hybridized carbons (Fsp3) is 0.286. The molecule has 0 spiro atoms. The van der Waals surface area contributed by atoms with Crippen molar-refractivity contribution in [3.8, 4) is 5.75 Å². The van der Waals surface area contributed by atoms with E-state index in [9.17, 15) is 14.4 Å². The number of nitrogens with zero attached hydrogens (tertiary/aromatic N) is 1. The Morgan fingerprint density at radius 3 is 2.76 bits per heavy atom. The maximum absolute atomic E-state index is 12.4. The minimum Gasteiger partial charge on any atom is -0.497 e.